The molecule has 0 aromatic carbocycles. The minimum absolute atomic E-state index is 0.366. The maximum absolute atomic E-state index is 10.6. The quantitative estimate of drug-likeness (QED) is 0.675. The van der Waals surface area contributed by atoms with E-state index in [1.54, 1.807) is 0 Å². The van der Waals surface area contributed by atoms with Gasteiger partial charge in [0.1, 0.15) is 24.0 Å². The van der Waals surface area contributed by atoms with Gasteiger partial charge in [0.2, 0.25) is 0 Å². The summed E-state index contributed by atoms with van der Waals surface area (Å²) >= 11 is 0. The van der Waals surface area contributed by atoms with E-state index < -0.39 is 5.92 Å². The van der Waals surface area contributed by atoms with Crippen molar-refractivity contribution in [1.82, 2.24) is 19.9 Å². The molecule has 0 aliphatic heterocycles. The second-order valence-electron chi connectivity index (χ2n) is 2.60. The Morgan fingerprint density at radius 1 is 1.50 bits per heavy atom. The zero-order valence-electron chi connectivity index (χ0n) is 7.01. The van der Waals surface area contributed by atoms with Crippen molar-refractivity contribution < 1.29 is 4.79 Å². The summed E-state index contributed by atoms with van der Waals surface area (Å²) in [6.07, 6.45) is 3.27. The number of aromatic nitrogens is 4. The first kappa shape index (κ1) is 8.31. The molecule has 0 aliphatic rings. The van der Waals surface area contributed by atoms with E-state index >= 15 is 0 Å². The number of fused-ring (bicyclic) bond motifs is 1. The lowest BCUT2D eigenvalue weighted by Gasteiger charge is -1.99. The van der Waals surface area contributed by atoms with Crippen molar-refractivity contribution in [2.45, 2.75) is 5.92 Å². The van der Waals surface area contributed by atoms with E-state index in [4.69, 9.17) is 5.26 Å². The topological polar surface area (TPSA) is 95.3 Å². The number of H-pyrrole nitrogens is 1. The molecule has 0 bridgehead atoms. The lowest BCUT2D eigenvalue weighted by molar-refractivity contribution is -0.108. The first-order chi connectivity index (χ1) is 6.86. The van der Waals surface area contributed by atoms with E-state index in [0.717, 1.165) is 0 Å². The fourth-order valence-corrected chi connectivity index (χ4v) is 1.18. The zero-order chi connectivity index (χ0) is 9.97. The van der Waals surface area contributed by atoms with Gasteiger partial charge in [-0.2, -0.15) is 5.26 Å². The van der Waals surface area contributed by atoms with Gasteiger partial charge < -0.3 is 9.78 Å². The Morgan fingerprint density at radius 3 is 3.07 bits per heavy atom. The molecule has 0 aliphatic carbocycles. The van der Waals surface area contributed by atoms with Gasteiger partial charge in [-0.3, -0.25) is 0 Å². The summed E-state index contributed by atoms with van der Waals surface area (Å²) in [5.41, 5.74) is 1.35. The van der Waals surface area contributed by atoms with E-state index in [-0.39, 0.29) is 0 Å². The largest absolute Gasteiger partial charge is 0.342 e. The van der Waals surface area contributed by atoms with Crippen molar-refractivity contribution >= 4 is 17.5 Å². The maximum atomic E-state index is 10.6. The van der Waals surface area contributed by atoms with Gasteiger partial charge in [0.05, 0.1) is 18.1 Å². The number of hydrogen-bond acceptors (Lipinski definition) is 5. The number of nitrogens with one attached hydrogen (secondary N) is 1. The van der Waals surface area contributed by atoms with Crippen LogP contribution in [0.4, 0.5) is 0 Å². The number of nitriles is 1. The average molecular weight is 187 g/mol. The van der Waals surface area contributed by atoms with Crippen LogP contribution in [0.15, 0.2) is 12.7 Å². The Bertz CT molecular complexity index is 512. The van der Waals surface area contributed by atoms with Crippen LogP contribution >= 0.6 is 0 Å². The number of carbonyl (C=O) groups is 1. The Kier molecular flexibility index (Phi) is 1.91. The molecule has 0 radical (unpaired) electrons. The van der Waals surface area contributed by atoms with Crippen LogP contribution in [0.1, 0.15) is 11.6 Å². The highest BCUT2D eigenvalue weighted by Crippen LogP contribution is 2.16. The fraction of sp³-hybridized carbons (Fsp3) is 0.125. The molecule has 2 rings (SSSR count). The lowest BCUT2D eigenvalue weighted by atomic mass is 10.1. The molecule has 1 N–H and O–H groups in total. The van der Waals surface area contributed by atoms with Gasteiger partial charge in [-0.05, 0) is 0 Å². The first-order valence-electron chi connectivity index (χ1n) is 3.85. The highest BCUT2D eigenvalue weighted by molar-refractivity contribution is 5.79. The molecule has 0 spiro atoms. The maximum Gasteiger partial charge on any atom is 0.180 e. The van der Waals surface area contributed by atoms with E-state index in [1.807, 2.05) is 6.07 Å². The molecule has 2 aromatic rings. The van der Waals surface area contributed by atoms with Gasteiger partial charge in [-0.1, -0.05) is 0 Å². The highest BCUT2D eigenvalue weighted by atomic mass is 16.1. The molecule has 2 heterocycles. The minimum Gasteiger partial charge on any atom is -0.342 e. The number of carbonyl (C=O) groups excluding carboxylic acids is 1. The molecule has 0 saturated heterocycles. The van der Waals surface area contributed by atoms with Gasteiger partial charge >= 0.3 is 0 Å². The Morgan fingerprint density at radius 2 is 2.36 bits per heavy atom. The van der Waals surface area contributed by atoms with Crippen LogP contribution in [0.25, 0.3) is 11.2 Å². The summed E-state index contributed by atoms with van der Waals surface area (Å²) in [6, 6.07) is 1.84. The molecule has 1 unspecified atom stereocenters. The summed E-state index contributed by atoms with van der Waals surface area (Å²) in [4.78, 5) is 25.0. The third-order valence-electron chi connectivity index (χ3n) is 1.82. The summed E-state index contributed by atoms with van der Waals surface area (Å²) in [7, 11) is 0. The Labute approximate surface area is 78.6 Å². The Hall–Kier alpha value is -2.29. The number of aromatic amines is 1. The molecule has 2 aromatic heterocycles. The fourth-order valence-electron chi connectivity index (χ4n) is 1.18. The Balaban J connectivity index is 2.67. The summed E-state index contributed by atoms with van der Waals surface area (Å²) in [5.74, 6) is -0.874. The molecule has 6 heteroatoms. The van der Waals surface area contributed by atoms with Gasteiger partial charge in [0, 0.05) is 0 Å². The molecular weight excluding hydrogens is 182 g/mol. The SMILES string of the molecule is N#CC(C=O)c1ncnc2nc[nH]c12. The average Bonchev–Trinajstić information content (AvgIpc) is 2.68. The van der Waals surface area contributed by atoms with Crippen LogP contribution < -0.4 is 0 Å². The zero-order valence-corrected chi connectivity index (χ0v) is 7.01. The third-order valence-corrected chi connectivity index (χ3v) is 1.82. The van der Waals surface area contributed by atoms with Crippen LogP contribution in [0.2, 0.25) is 0 Å². The van der Waals surface area contributed by atoms with Gasteiger partial charge in [0.25, 0.3) is 0 Å². The van der Waals surface area contributed by atoms with Crippen molar-refractivity contribution in [3.05, 3.63) is 18.3 Å². The predicted octanol–water partition coefficient (Wildman–Crippen LogP) is 0.159. The number of rotatable bonds is 2. The second-order valence-corrected chi connectivity index (χ2v) is 2.60. The van der Waals surface area contributed by atoms with Crippen LogP contribution in [0.3, 0.4) is 0 Å². The van der Waals surface area contributed by atoms with E-state index in [1.165, 1.54) is 12.7 Å². The van der Waals surface area contributed by atoms with Gasteiger partial charge in [-0.15, -0.1) is 0 Å². The van der Waals surface area contributed by atoms with E-state index in [0.29, 0.717) is 23.1 Å². The van der Waals surface area contributed by atoms with Crippen LogP contribution in [-0.4, -0.2) is 26.2 Å². The lowest BCUT2D eigenvalue weighted by Crippen LogP contribution is -2.01. The summed E-state index contributed by atoms with van der Waals surface area (Å²) < 4.78 is 0. The van der Waals surface area contributed by atoms with E-state index in [2.05, 4.69) is 19.9 Å². The van der Waals surface area contributed by atoms with Crippen molar-refractivity contribution in [3.8, 4) is 6.07 Å². The van der Waals surface area contributed by atoms with Crippen molar-refractivity contribution in [2.24, 2.45) is 0 Å². The monoisotopic (exact) mass is 187 g/mol. The smallest absolute Gasteiger partial charge is 0.180 e. The van der Waals surface area contributed by atoms with Crippen molar-refractivity contribution in [3.63, 3.8) is 0 Å². The molecule has 68 valence electrons. The molecule has 0 amide bonds. The van der Waals surface area contributed by atoms with Gasteiger partial charge in [0.15, 0.2) is 5.65 Å². The molecule has 1 atom stereocenters. The predicted molar refractivity (Wildman–Crippen MR) is 46.1 cm³/mol. The second kappa shape index (κ2) is 3.22. The minimum atomic E-state index is -0.874. The van der Waals surface area contributed by atoms with Crippen molar-refractivity contribution in [1.29, 1.82) is 5.26 Å². The third kappa shape index (κ3) is 1.11. The number of aldehydes is 1. The number of hydrogen-bond donors (Lipinski definition) is 1. The first-order valence-corrected chi connectivity index (χ1v) is 3.85. The molecule has 0 saturated carbocycles. The number of nitrogens with zero attached hydrogens (tertiary/aromatic N) is 4. The van der Waals surface area contributed by atoms with Crippen LogP contribution in [0.5, 0.6) is 0 Å². The molecule has 0 fully saturated rings. The summed E-state index contributed by atoms with van der Waals surface area (Å²) in [5, 5.41) is 8.70. The highest BCUT2D eigenvalue weighted by Gasteiger charge is 2.15. The molecule has 6 nitrogen and oxygen atoms in total. The molecule has 14 heavy (non-hydrogen) atoms. The molecular formula is C8H5N5O. The van der Waals surface area contributed by atoms with Crippen molar-refractivity contribution in [2.75, 3.05) is 0 Å². The normalized spacial score (nSPS) is 12.2. The van der Waals surface area contributed by atoms with Crippen LogP contribution in [0, 0.1) is 11.3 Å². The van der Waals surface area contributed by atoms with E-state index in [9.17, 15) is 4.79 Å². The van der Waals surface area contributed by atoms with Crippen LogP contribution in [-0.2, 0) is 4.79 Å². The standard InChI is InChI=1S/C8H5N5O/c9-1-5(2-14)6-7-8(12-3-10-6)13-4-11-7/h2-5H,(H,10,11,12,13). The summed E-state index contributed by atoms with van der Waals surface area (Å²) in [6.45, 7) is 0. The number of imidazole rings is 1. The van der Waals surface area contributed by atoms with Gasteiger partial charge in [-0.25, -0.2) is 15.0 Å².